The van der Waals surface area contributed by atoms with Crippen molar-refractivity contribution in [1.82, 2.24) is 15.1 Å². The molecular weight excluding hydrogens is 475 g/mol. The summed E-state index contributed by atoms with van der Waals surface area (Å²) in [5.74, 6) is 0.0670. The maximum atomic E-state index is 13.8. The van der Waals surface area contributed by atoms with E-state index in [2.05, 4.69) is 26.1 Å². The molecule has 0 aliphatic carbocycles. The summed E-state index contributed by atoms with van der Waals surface area (Å²) in [6.45, 7) is 11.9. The summed E-state index contributed by atoms with van der Waals surface area (Å²) >= 11 is 1.48. The number of thioether (sulfide) groups is 1. The van der Waals surface area contributed by atoms with Crippen LogP contribution in [0.4, 0.5) is 10.2 Å². The van der Waals surface area contributed by atoms with E-state index >= 15 is 0 Å². The van der Waals surface area contributed by atoms with Gasteiger partial charge in [-0.2, -0.15) is 5.10 Å². The molecule has 0 fully saturated rings. The Bertz CT molecular complexity index is 1280. The quantitative estimate of drug-likeness (QED) is 0.507. The van der Waals surface area contributed by atoms with Crippen molar-refractivity contribution in [1.29, 1.82) is 0 Å². The Morgan fingerprint density at radius 3 is 2.44 bits per heavy atom. The third-order valence-corrected chi connectivity index (χ3v) is 7.32. The van der Waals surface area contributed by atoms with E-state index in [1.54, 1.807) is 17.0 Å². The number of aromatic nitrogens is 2. The van der Waals surface area contributed by atoms with Crippen molar-refractivity contribution in [2.45, 2.75) is 58.2 Å². The number of carbonyl (C=O) groups is 2. The minimum atomic E-state index is -0.351. The molecule has 1 aromatic heterocycles. The molecule has 1 N–H and O–H groups in total. The molecule has 0 bridgehead atoms. The lowest BCUT2D eigenvalue weighted by molar-refractivity contribution is -0.123. The number of benzene rings is 2. The van der Waals surface area contributed by atoms with Gasteiger partial charge < -0.3 is 5.32 Å². The molecule has 1 aliphatic rings. The molecule has 2 heterocycles. The molecular formula is C28H33FN4O2S. The van der Waals surface area contributed by atoms with E-state index < -0.39 is 0 Å². The van der Waals surface area contributed by atoms with Gasteiger partial charge >= 0.3 is 0 Å². The fourth-order valence-corrected chi connectivity index (χ4v) is 5.65. The van der Waals surface area contributed by atoms with Crippen molar-refractivity contribution in [3.05, 3.63) is 76.7 Å². The lowest BCUT2D eigenvalue weighted by atomic mass is 9.87. The van der Waals surface area contributed by atoms with Gasteiger partial charge in [-0.05, 0) is 50.1 Å². The van der Waals surface area contributed by atoms with Crippen LogP contribution in [0, 0.1) is 12.7 Å². The van der Waals surface area contributed by atoms with Crippen molar-refractivity contribution in [2.24, 2.45) is 0 Å². The van der Waals surface area contributed by atoms with Crippen LogP contribution in [-0.4, -0.2) is 39.9 Å². The zero-order valence-corrected chi connectivity index (χ0v) is 22.4. The molecule has 36 heavy (non-hydrogen) atoms. The highest BCUT2D eigenvalue weighted by Crippen LogP contribution is 2.48. The second-order valence-electron chi connectivity index (χ2n) is 10.5. The average molecular weight is 509 g/mol. The SMILES string of the molecule is Cc1ccccc1-n1nc(C(C)(C)C)c2c1N(CC(=O)NC(C)C)C(=O)CS[C@H]2c1ccc(F)cc1. The van der Waals surface area contributed by atoms with Crippen LogP contribution in [0.15, 0.2) is 48.5 Å². The highest BCUT2D eigenvalue weighted by atomic mass is 32.2. The highest BCUT2D eigenvalue weighted by Gasteiger charge is 2.40. The van der Waals surface area contributed by atoms with Crippen LogP contribution in [0.3, 0.4) is 0 Å². The predicted molar refractivity (Wildman–Crippen MR) is 143 cm³/mol. The van der Waals surface area contributed by atoms with Crippen molar-refractivity contribution < 1.29 is 14.0 Å². The molecule has 190 valence electrons. The Morgan fingerprint density at radius 2 is 1.83 bits per heavy atom. The summed E-state index contributed by atoms with van der Waals surface area (Å²) in [5.41, 5.74) is 4.10. The molecule has 0 radical (unpaired) electrons. The maximum Gasteiger partial charge on any atom is 0.240 e. The van der Waals surface area contributed by atoms with Gasteiger partial charge in [-0.25, -0.2) is 9.07 Å². The van der Waals surface area contributed by atoms with Crippen LogP contribution >= 0.6 is 11.8 Å². The van der Waals surface area contributed by atoms with Crippen molar-refractivity contribution >= 4 is 29.4 Å². The van der Waals surface area contributed by atoms with Crippen molar-refractivity contribution in [2.75, 3.05) is 17.2 Å². The van der Waals surface area contributed by atoms with Gasteiger partial charge in [-0.1, -0.05) is 51.1 Å². The number of para-hydroxylation sites is 1. The molecule has 0 saturated carbocycles. The zero-order chi connectivity index (χ0) is 26.2. The highest BCUT2D eigenvalue weighted by molar-refractivity contribution is 8.00. The smallest absolute Gasteiger partial charge is 0.240 e. The molecule has 0 saturated heterocycles. The molecule has 2 amide bonds. The summed E-state index contributed by atoms with van der Waals surface area (Å²) in [4.78, 5) is 28.1. The first-order valence-electron chi connectivity index (χ1n) is 12.1. The van der Waals surface area contributed by atoms with Gasteiger partial charge in [0.2, 0.25) is 11.8 Å². The van der Waals surface area contributed by atoms with E-state index in [0.29, 0.717) is 5.82 Å². The number of nitrogens with one attached hydrogen (secondary N) is 1. The summed E-state index contributed by atoms with van der Waals surface area (Å²) in [6, 6.07) is 14.2. The van der Waals surface area contributed by atoms with Crippen LogP contribution in [0.5, 0.6) is 0 Å². The van der Waals surface area contributed by atoms with Crippen molar-refractivity contribution in [3.8, 4) is 5.69 Å². The molecule has 3 aromatic rings. The standard InChI is InChI=1S/C28H33FN4O2S/c1-17(2)30-22(34)15-32-23(35)16-36-25(19-11-13-20(29)14-12-19)24-26(28(4,5)6)31-33(27(24)32)21-10-8-7-9-18(21)3/h7-14,17,25H,15-16H2,1-6H3,(H,30,34)/t25-/m0/s1. The van der Waals surface area contributed by atoms with Gasteiger partial charge in [-0.3, -0.25) is 14.5 Å². The monoisotopic (exact) mass is 508 g/mol. The van der Waals surface area contributed by atoms with E-state index in [1.165, 1.54) is 23.9 Å². The van der Waals surface area contributed by atoms with Gasteiger partial charge in [-0.15, -0.1) is 11.8 Å². The summed E-state index contributed by atoms with van der Waals surface area (Å²) < 4.78 is 15.6. The Balaban J connectivity index is 2.02. The van der Waals surface area contributed by atoms with Crippen LogP contribution < -0.4 is 10.2 Å². The third-order valence-electron chi connectivity index (χ3n) is 6.07. The van der Waals surface area contributed by atoms with Crippen LogP contribution in [-0.2, 0) is 15.0 Å². The summed E-state index contributed by atoms with van der Waals surface area (Å²) in [6.07, 6.45) is 0. The van der Waals surface area contributed by atoms with Gasteiger partial charge in [0, 0.05) is 17.0 Å². The molecule has 6 nitrogen and oxygen atoms in total. The first kappa shape index (κ1) is 25.9. The van der Waals surface area contributed by atoms with E-state index in [-0.39, 0.29) is 46.6 Å². The Morgan fingerprint density at radius 1 is 1.17 bits per heavy atom. The molecule has 4 rings (SSSR count). The number of amides is 2. The summed E-state index contributed by atoms with van der Waals surface area (Å²) in [5, 5.41) is 7.74. The molecule has 0 unspecified atom stereocenters. The molecule has 0 spiro atoms. The number of hydrogen-bond donors (Lipinski definition) is 1. The number of halogens is 1. The zero-order valence-electron chi connectivity index (χ0n) is 21.6. The van der Waals surface area contributed by atoms with Crippen LogP contribution in [0.25, 0.3) is 5.69 Å². The molecule has 1 atom stereocenters. The fourth-order valence-electron chi connectivity index (χ4n) is 4.45. The number of hydrogen-bond acceptors (Lipinski definition) is 4. The van der Waals surface area contributed by atoms with E-state index in [1.807, 2.05) is 49.7 Å². The molecule has 8 heteroatoms. The number of aryl methyl sites for hydroxylation is 1. The maximum absolute atomic E-state index is 13.8. The summed E-state index contributed by atoms with van der Waals surface area (Å²) in [7, 11) is 0. The molecule has 1 aliphatic heterocycles. The van der Waals surface area contributed by atoms with E-state index in [0.717, 1.165) is 28.1 Å². The number of rotatable bonds is 5. The van der Waals surface area contributed by atoms with Gasteiger partial charge in [0.1, 0.15) is 18.2 Å². The van der Waals surface area contributed by atoms with E-state index in [9.17, 15) is 14.0 Å². The fraction of sp³-hybridized carbons (Fsp3) is 0.393. The predicted octanol–water partition coefficient (Wildman–Crippen LogP) is 5.31. The van der Waals surface area contributed by atoms with E-state index in [4.69, 9.17) is 5.10 Å². The number of fused-ring (bicyclic) bond motifs is 1. The second-order valence-corrected chi connectivity index (χ2v) is 11.6. The number of anilines is 1. The number of nitrogens with zero attached hydrogens (tertiary/aromatic N) is 3. The molecule has 2 aromatic carbocycles. The van der Waals surface area contributed by atoms with Gasteiger partial charge in [0.15, 0.2) is 0 Å². The third kappa shape index (κ3) is 5.19. The lowest BCUT2D eigenvalue weighted by Crippen LogP contribution is -2.44. The topological polar surface area (TPSA) is 67.2 Å². The second kappa shape index (κ2) is 10.1. The first-order valence-corrected chi connectivity index (χ1v) is 13.2. The average Bonchev–Trinajstić information content (AvgIpc) is 3.13. The normalized spacial score (nSPS) is 16.2. The number of carbonyl (C=O) groups excluding carboxylic acids is 2. The Labute approximate surface area is 216 Å². The minimum absolute atomic E-state index is 0.0493. The van der Waals surface area contributed by atoms with Crippen LogP contribution in [0.1, 0.15) is 62.3 Å². The van der Waals surface area contributed by atoms with Gasteiger partial charge in [0.05, 0.1) is 22.4 Å². The van der Waals surface area contributed by atoms with Gasteiger partial charge in [0.25, 0.3) is 0 Å². The largest absolute Gasteiger partial charge is 0.352 e. The first-order chi connectivity index (χ1) is 17.0. The van der Waals surface area contributed by atoms with Crippen molar-refractivity contribution in [3.63, 3.8) is 0 Å². The Kier molecular flexibility index (Phi) is 7.27. The lowest BCUT2D eigenvalue weighted by Gasteiger charge is -2.25. The van der Waals surface area contributed by atoms with Crippen LogP contribution in [0.2, 0.25) is 0 Å². The Hall–Kier alpha value is -3.13. The minimum Gasteiger partial charge on any atom is -0.352 e.